The fourth-order valence-electron chi connectivity index (χ4n) is 3.00. The zero-order valence-corrected chi connectivity index (χ0v) is 14.9. The van der Waals surface area contributed by atoms with Crippen LogP contribution in [0.25, 0.3) is 0 Å². The quantitative estimate of drug-likeness (QED) is 0.782. The standard InChI is InChI=1S/C16H23NO6S/c1-21-12-7-8-13(22-2)14(11-12)24(19,20)17-16(15(18)23-3)9-5-4-6-10-16/h7-8,11,17H,4-6,9-10H2,1-3H3. The van der Waals surface area contributed by atoms with E-state index in [-0.39, 0.29) is 10.6 Å². The number of carbonyl (C=O) groups is 1. The fraction of sp³-hybridized carbons (Fsp3) is 0.562. The van der Waals surface area contributed by atoms with E-state index in [4.69, 9.17) is 14.2 Å². The summed E-state index contributed by atoms with van der Waals surface area (Å²) < 4.78 is 43.5. The number of esters is 1. The molecule has 1 aromatic rings. The van der Waals surface area contributed by atoms with Gasteiger partial charge >= 0.3 is 5.97 Å². The number of rotatable bonds is 6. The molecule has 1 aromatic carbocycles. The van der Waals surface area contributed by atoms with Gasteiger partial charge in [0, 0.05) is 6.07 Å². The van der Waals surface area contributed by atoms with Crippen molar-refractivity contribution in [3.05, 3.63) is 18.2 Å². The van der Waals surface area contributed by atoms with Crippen LogP contribution in [0.15, 0.2) is 23.1 Å². The highest BCUT2D eigenvalue weighted by Crippen LogP contribution is 2.34. The van der Waals surface area contributed by atoms with Crippen molar-refractivity contribution >= 4 is 16.0 Å². The molecule has 1 aliphatic rings. The van der Waals surface area contributed by atoms with Gasteiger partial charge in [-0.25, -0.2) is 8.42 Å². The second kappa shape index (κ2) is 7.40. The van der Waals surface area contributed by atoms with Crippen molar-refractivity contribution in [1.29, 1.82) is 0 Å². The van der Waals surface area contributed by atoms with Gasteiger partial charge in [-0.05, 0) is 25.0 Å². The lowest BCUT2D eigenvalue weighted by molar-refractivity contribution is -0.149. The minimum absolute atomic E-state index is 0.0711. The van der Waals surface area contributed by atoms with Gasteiger partial charge in [-0.15, -0.1) is 0 Å². The number of carbonyl (C=O) groups excluding carboxylic acids is 1. The van der Waals surface area contributed by atoms with Crippen LogP contribution in [0.1, 0.15) is 32.1 Å². The molecule has 0 radical (unpaired) electrons. The van der Waals surface area contributed by atoms with Crippen LogP contribution >= 0.6 is 0 Å². The highest BCUT2D eigenvalue weighted by atomic mass is 32.2. The van der Waals surface area contributed by atoms with Crippen molar-refractivity contribution in [3.63, 3.8) is 0 Å². The Kier molecular flexibility index (Phi) is 5.71. The Morgan fingerprint density at radius 3 is 2.29 bits per heavy atom. The van der Waals surface area contributed by atoms with Gasteiger partial charge < -0.3 is 14.2 Å². The first kappa shape index (κ1) is 18.5. The maximum absolute atomic E-state index is 12.9. The predicted octanol–water partition coefficient (Wildman–Crippen LogP) is 1.86. The van der Waals surface area contributed by atoms with Crippen LogP contribution in [0.2, 0.25) is 0 Å². The number of methoxy groups -OCH3 is 3. The number of sulfonamides is 1. The van der Waals surface area contributed by atoms with Crippen molar-refractivity contribution in [2.45, 2.75) is 42.5 Å². The van der Waals surface area contributed by atoms with E-state index >= 15 is 0 Å². The summed E-state index contributed by atoms with van der Waals surface area (Å²) in [5.74, 6) is -0.00120. The first-order valence-electron chi connectivity index (χ1n) is 7.73. The monoisotopic (exact) mass is 357 g/mol. The summed E-state index contributed by atoms with van der Waals surface area (Å²) in [4.78, 5) is 12.2. The minimum Gasteiger partial charge on any atom is -0.497 e. The fourth-order valence-corrected chi connectivity index (χ4v) is 4.60. The van der Waals surface area contributed by atoms with Crippen LogP contribution < -0.4 is 14.2 Å². The molecular weight excluding hydrogens is 334 g/mol. The van der Waals surface area contributed by atoms with E-state index in [0.29, 0.717) is 18.6 Å². The van der Waals surface area contributed by atoms with Crippen LogP contribution in [0.5, 0.6) is 11.5 Å². The molecule has 8 heteroatoms. The maximum Gasteiger partial charge on any atom is 0.327 e. The first-order chi connectivity index (χ1) is 11.4. The van der Waals surface area contributed by atoms with Crippen LogP contribution in [0.4, 0.5) is 0 Å². The number of ether oxygens (including phenoxy) is 3. The van der Waals surface area contributed by atoms with Gasteiger partial charge in [0.05, 0.1) is 21.3 Å². The Hall–Kier alpha value is -1.80. The second-order valence-corrected chi connectivity index (χ2v) is 7.41. The van der Waals surface area contributed by atoms with E-state index in [0.717, 1.165) is 19.3 Å². The third kappa shape index (κ3) is 3.64. The van der Waals surface area contributed by atoms with E-state index in [1.165, 1.54) is 33.5 Å². The van der Waals surface area contributed by atoms with Gasteiger partial charge in [0.25, 0.3) is 0 Å². The number of nitrogens with one attached hydrogen (secondary N) is 1. The number of benzene rings is 1. The molecule has 24 heavy (non-hydrogen) atoms. The molecule has 1 aliphatic carbocycles. The average Bonchev–Trinajstić information content (AvgIpc) is 2.60. The van der Waals surface area contributed by atoms with E-state index in [9.17, 15) is 13.2 Å². The molecular formula is C16H23NO6S. The van der Waals surface area contributed by atoms with E-state index in [2.05, 4.69) is 4.72 Å². The highest BCUT2D eigenvalue weighted by Gasteiger charge is 2.44. The van der Waals surface area contributed by atoms with Gasteiger partial charge in [-0.3, -0.25) is 4.79 Å². The normalized spacial score (nSPS) is 17.1. The lowest BCUT2D eigenvalue weighted by Crippen LogP contribution is -2.56. The lowest BCUT2D eigenvalue weighted by atomic mass is 9.83. The van der Waals surface area contributed by atoms with Crippen LogP contribution in [-0.2, 0) is 19.6 Å². The summed E-state index contributed by atoms with van der Waals surface area (Å²) in [6, 6.07) is 4.49. The predicted molar refractivity (Wildman–Crippen MR) is 87.7 cm³/mol. The van der Waals surface area contributed by atoms with Gasteiger partial charge in [0.15, 0.2) is 0 Å². The molecule has 0 spiro atoms. The van der Waals surface area contributed by atoms with Gasteiger partial charge in [0.2, 0.25) is 10.0 Å². The van der Waals surface area contributed by atoms with Gasteiger partial charge in [0.1, 0.15) is 21.9 Å². The maximum atomic E-state index is 12.9. The molecule has 0 unspecified atom stereocenters. The Morgan fingerprint density at radius 2 is 1.75 bits per heavy atom. The molecule has 2 rings (SSSR count). The molecule has 0 atom stereocenters. The molecule has 0 amide bonds. The molecule has 0 saturated heterocycles. The van der Waals surface area contributed by atoms with Gasteiger partial charge in [-0.2, -0.15) is 4.72 Å². The van der Waals surface area contributed by atoms with E-state index in [1.807, 2.05) is 0 Å². The van der Waals surface area contributed by atoms with Crippen molar-refractivity contribution < 1.29 is 27.4 Å². The average molecular weight is 357 g/mol. The SMILES string of the molecule is COC(=O)C1(NS(=O)(=O)c2cc(OC)ccc2OC)CCCCC1. The summed E-state index contributed by atoms with van der Waals surface area (Å²) in [6.07, 6.45) is 3.29. The summed E-state index contributed by atoms with van der Waals surface area (Å²) in [6.45, 7) is 0. The van der Waals surface area contributed by atoms with Crippen molar-refractivity contribution in [1.82, 2.24) is 4.72 Å². The zero-order chi connectivity index (χ0) is 17.8. The lowest BCUT2D eigenvalue weighted by Gasteiger charge is -2.34. The molecule has 0 aliphatic heterocycles. The van der Waals surface area contributed by atoms with Crippen molar-refractivity contribution in [2.24, 2.45) is 0 Å². The summed E-state index contributed by atoms with van der Waals surface area (Å²) in [5.41, 5.74) is -1.24. The molecule has 0 bridgehead atoms. The molecule has 1 fully saturated rings. The smallest absolute Gasteiger partial charge is 0.327 e. The number of hydrogen-bond acceptors (Lipinski definition) is 6. The van der Waals surface area contributed by atoms with Crippen LogP contribution in [0.3, 0.4) is 0 Å². The summed E-state index contributed by atoms with van der Waals surface area (Å²) in [7, 11) is 0.0919. The Morgan fingerprint density at radius 1 is 1.08 bits per heavy atom. The van der Waals surface area contributed by atoms with E-state index in [1.54, 1.807) is 6.07 Å². The van der Waals surface area contributed by atoms with Crippen molar-refractivity contribution in [3.8, 4) is 11.5 Å². The van der Waals surface area contributed by atoms with E-state index < -0.39 is 21.5 Å². The molecule has 0 aromatic heterocycles. The minimum atomic E-state index is -4.00. The molecule has 7 nitrogen and oxygen atoms in total. The largest absolute Gasteiger partial charge is 0.497 e. The van der Waals surface area contributed by atoms with Crippen LogP contribution in [0, 0.1) is 0 Å². The zero-order valence-electron chi connectivity index (χ0n) is 14.1. The number of hydrogen-bond donors (Lipinski definition) is 1. The molecule has 1 N–H and O–H groups in total. The third-order valence-corrected chi connectivity index (χ3v) is 5.83. The van der Waals surface area contributed by atoms with Crippen LogP contribution in [-0.4, -0.2) is 41.3 Å². The highest BCUT2D eigenvalue weighted by molar-refractivity contribution is 7.89. The summed E-state index contributed by atoms with van der Waals surface area (Å²) in [5, 5.41) is 0. The van der Waals surface area contributed by atoms with Gasteiger partial charge in [-0.1, -0.05) is 19.3 Å². The first-order valence-corrected chi connectivity index (χ1v) is 9.21. The third-order valence-electron chi connectivity index (χ3n) is 4.27. The summed E-state index contributed by atoms with van der Waals surface area (Å²) >= 11 is 0. The second-order valence-electron chi connectivity index (χ2n) is 5.76. The molecule has 1 saturated carbocycles. The van der Waals surface area contributed by atoms with Crippen molar-refractivity contribution in [2.75, 3.05) is 21.3 Å². The Labute approximate surface area is 142 Å². The molecule has 134 valence electrons. The molecule has 0 heterocycles. The Bertz CT molecular complexity index is 695. The topological polar surface area (TPSA) is 90.9 Å². The Balaban J connectivity index is 2.44.